The molecule has 2 fully saturated rings. The molecule has 0 aliphatic carbocycles. The van der Waals surface area contributed by atoms with Crippen molar-refractivity contribution in [3.8, 4) is 22.5 Å². The van der Waals surface area contributed by atoms with Gasteiger partial charge in [-0.1, -0.05) is 39.8 Å². The standard InChI is InChI=1S/C50H68N8O8S/c1-9-57-43-21-20-34-28-38(43)39(46(57)37-16-11-22-51-41(37)19-13-26-65-7)30-50(4,5)31-66-48(61)42-18-12-25-58(53-42)47(60)35(27-36-15-10-17-40(34)52-36)29-44(59)45(33(2)3)54(6)49(62)55-23-14-24-56(32-55)67(8,63)64/h10-11,15-17,20-22,28,33,35,42,45,53H,9,12-14,18-19,23-27,29-32H2,1-8H3/t35-,42+,45+/m1/s1. The first kappa shape index (κ1) is 49.7. The molecule has 3 aliphatic heterocycles. The van der Waals surface area contributed by atoms with Gasteiger partial charge in [0.2, 0.25) is 15.9 Å². The van der Waals surface area contributed by atoms with E-state index < -0.39 is 45.4 Å². The number of nitrogens with one attached hydrogen (secondary N) is 1. The van der Waals surface area contributed by atoms with Crippen LogP contribution in [0.4, 0.5) is 4.79 Å². The van der Waals surface area contributed by atoms with Gasteiger partial charge in [-0.2, -0.15) is 4.31 Å². The van der Waals surface area contributed by atoms with Gasteiger partial charge in [0.05, 0.1) is 42.9 Å². The summed E-state index contributed by atoms with van der Waals surface area (Å²) in [7, 11) is -0.271. The van der Waals surface area contributed by atoms with Crippen LogP contribution in [0.15, 0.2) is 54.7 Å². The van der Waals surface area contributed by atoms with E-state index >= 15 is 0 Å². The fourth-order valence-corrected chi connectivity index (χ4v) is 10.9. The van der Waals surface area contributed by atoms with Crippen molar-refractivity contribution in [2.45, 2.75) is 105 Å². The summed E-state index contributed by atoms with van der Waals surface area (Å²) in [5, 5.41) is 2.51. The zero-order valence-corrected chi connectivity index (χ0v) is 41.2. The number of amides is 3. The van der Waals surface area contributed by atoms with Gasteiger partial charge in [-0.25, -0.2) is 18.6 Å². The zero-order chi connectivity index (χ0) is 48.2. The fraction of sp³-hybridized carbons (Fsp3) is 0.560. The Labute approximate surface area is 395 Å². The summed E-state index contributed by atoms with van der Waals surface area (Å²) < 4.78 is 39.9. The van der Waals surface area contributed by atoms with E-state index in [2.05, 4.69) is 55.0 Å². The Balaban J connectivity index is 1.28. The van der Waals surface area contributed by atoms with Gasteiger partial charge in [-0.15, -0.1) is 0 Å². The third kappa shape index (κ3) is 11.2. The number of esters is 1. The first-order chi connectivity index (χ1) is 31.9. The maximum atomic E-state index is 14.8. The highest BCUT2D eigenvalue weighted by atomic mass is 32.2. The van der Waals surface area contributed by atoms with Crippen LogP contribution >= 0.6 is 0 Å². The van der Waals surface area contributed by atoms with Gasteiger partial charge >= 0.3 is 12.0 Å². The number of rotatable bonds is 12. The van der Waals surface area contributed by atoms with Crippen LogP contribution in [0.5, 0.6) is 0 Å². The van der Waals surface area contributed by atoms with Crippen molar-refractivity contribution in [3.63, 3.8) is 0 Å². The topological polar surface area (TPSA) is 177 Å². The lowest BCUT2D eigenvalue weighted by molar-refractivity contribution is -0.156. The van der Waals surface area contributed by atoms with E-state index in [1.165, 1.54) is 19.1 Å². The number of carbonyl (C=O) groups excluding carboxylic acids is 4. The van der Waals surface area contributed by atoms with Crippen LogP contribution in [0, 0.1) is 17.3 Å². The van der Waals surface area contributed by atoms with Gasteiger partial charge in [0, 0.05) is 105 Å². The smallest absolute Gasteiger partial charge is 0.324 e. The lowest BCUT2D eigenvalue weighted by Gasteiger charge is -2.39. The summed E-state index contributed by atoms with van der Waals surface area (Å²) >= 11 is 0. The molecule has 4 aromatic rings. The van der Waals surface area contributed by atoms with Gasteiger partial charge < -0.3 is 23.8 Å². The third-order valence-electron chi connectivity index (χ3n) is 13.3. The van der Waals surface area contributed by atoms with E-state index in [1.807, 2.05) is 44.3 Å². The minimum atomic E-state index is -3.54. The van der Waals surface area contributed by atoms with Crippen molar-refractivity contribution >= 4 is 44.6 Å². The molecule has 3 atom stereocenters. The van der Waals surface area contributed by atoms with Crippen molar-refractivity contribution < 1.29 is 37.1 Å². The molecular formula is C50H68N8O8S. The van der Waals surface area contributed by atoms with Crippen LogP contribution in [0.2, 0.25) is 0 Å². The van der Waals surface area contributed by atoms with Gasteiger partial charge in [0.1, 0.15) is 6.04 Å². The monoisotopic (exact) mass is 940 g/mol. The number of hydrazine groups is 1. The van der Waals surface area contributed by atoms with E-state index in [-0.39, 0.29) is 43.7 Å². The number of hydrogen-bond donors (Lipinski definition) is 1. The number of hydrogen-bond acceptors (Lipinski definition) is 11. The van der Waals surface area contributed by atoms with E-state index in [1.54, 1.807) is 14.2 Å². The second-order valence-corrected chi connectivity index (χ2v) is 21.5. The number of fused-ring (bicyclic) bond motifs is 6. The average molecular weight is 941 g/mol. The number of nitrogens with zero attached hydrogens (tertiary/aromatic N) is 7. The molecule has 362 valence electrons. The molecule has 0 unspecified atom stereocenters. The molecule has 67 heavy (non-hydrogen) atoms. The Morgan fingerprint density at radius 1 is 1.06 bits per heavy atom. The number of methoxy groups -OCH3 is 1. The maximum Gasteiger partial charge on any atom is 0.324 e. The second kappa shape index (κ2) is 21.0. The highest BCUT2D eigenvalue weighted by molar-refractivity contribution is 7.88. The van der Waals surface area contributed by atoms with Crippen molar-refractivity contribution in [3.05, 3.63) is 71.7 Å². The van der Waals surface area contributed by atoms with Gasteiger partial charge in [-0.3, -0.25) is 29.4 Å². The molecule has 2 saturated heterocycles. The van der Waals surface area contributed by atoms with Crippen molar-refractivity contribution in [1.29, 1.82) is 0 Å². The Morgan fingerprint density at radius 2 is 1.85 bits per heavy atom. The summed E-state index contributed by atoms with van der Waals surface area (Å²) in [6.07, 6.45) is 6.51. The highest BCUT2D eigenvalue weighted by Crippen LogP contribution is 2.41. The number of urea groups is 1. The van der Waals surface area contributed by atoms with Crippen molar-refractivity contribution in [1.82, 2.24) is 39.1 Å². The number of sulfonamides is 1. The summed E-state index contributed by atoms with van der Waals surface area (Å²) in [5.41, 5.74) is 10.2. The summed E-state index contributed by atoms with van der Waals surface area (Å²) in [6.45, 7) is 12.4. The number of Topliss-reactive ketones (excluding diaryl/α,β-unsaturated/α-hetero) is 1. The Morgan fingerprint density at radius 3 is 2.58 bits per heavy atom. The number of aromatic nitrogens is 3. The Bertz CT molecular complexity index is 2580. The quantitative estimate of drug-likeness (QED) is 0.128. The molecule has 6 bridgehead atoms. The SMILES string of the molecule is CCn1c(-c2cccnc2CCCOC)c2c3cc(ccc31)-c1cccc(n1)C[C@H](CC(=O)[C@H](C(C)C)N(C)C(=O)N1CCCN(S(C)(=O)=O)C1)C(=O)N1CCC[C@H](N1)C(=O)OCC(C)(C)C2. The van der Waals surface area contributed by atoms with Gasteiger partial charge in [-0.05, 0) is 93.3 Å². The normalized spacial score (nSPS) is 20.1. The van der Waals surface area contributed by atoms with Gasteiger partial charge in [0.25, 0.3) is 0 Å². The van der Waals surface area contributed by atoms with Crippen LogP contribution in [0.25, 0.3) is 33.4 Å². The molecule has 1 aromatic carbocycles. The van der Waals surface area contributed by atoms with Crippen LogP contribution in [0.3, 0.4) is 0 Å². The number of ketones is 1. The largest absolute Gasteiger partial charge is 0.464 e. The van der Waals surface area contributed by atoms with Crippen LogP contribution in [-0.4, -0.2) is 138 Å². The lowest BCUT2D eigenvalue weighted by atomic mass is 9.84. The molecule has 3 amide bonds. The number of pyridine rings is 2. The summed E-state index contributed by atoms with van der Waals surface area (Å²) in [6, 6.07) is 14.1. The van der Waals surface area contributed by atoms with E-state index in [9.17, 15) is 27.6 Å². The third-order valence-corrected chi connectivity index (χ3v) is 14.6. The predicted octanol–water partition coefficient (Wildman–Crippen LogP) is 6.10. The summed E-state index contributed by atoms with van der Waals surface area (Å²) in [4.78, 5) is 70.1. The molecule has 6 heterocycles. The fourth-order valence-electron chi connectivity index (χ4n) is 10.1. The summed E-state index contributed by atoms with van der Waals surface area (Å²) in [5.74, 6) is -2.34. The number of aryl methyl sites for hydroxylation is 2. The van der Waals surface area contributed by atoms with Crippen LogP contribution in [0.1, 0.15) is 83.7 Å². The number of carbonyl (C=O) groups is 4. The van der Waals surface area contributed by atoms with Crippen molar-refractivity contribution in [2.24, 2.45) is 17.3 Å². The molecule has 7 rings (SSSR count). The minimum absolute atomic E-state index is 0.105. The molecule has 0 saturated carbocycles. The Kier molecular flexibility index (Phi) is 15.5. The maximum absolute atomic E-state index is 14.8. The second-order valence-electron chi connectivity index (χ2n) is 19.5. The predicted molar refractivity (Wildman–Crippen MR) is 257 cm³/mol. The molecular weight excluding hydrogens is 873 g/mol. The molecule has 16 nitrogen and oxygen atoms in total. The van der Waals surface area contributed by atoms with Crippen molar-refractivity contribution in [2.75, 3.05) is 59.9 Å². The molecule has 1 N–H and O–H groups in total. The molecule has 3 aliphatic rings. The zero-order valence-electron chi connectivity index (χ0n) is 40.4. The molecule has 3 aromatic heterocycles. The molecule has 0 radical (unpaired) electrons. The van der Waals surface area contributed by atoms with Crippen LogP contribution in [-0.2, 0) is 59.7 Å². The minimum Gasteiger partial charge on any atom is -0.464 e. The lowest BCUT2D eigenvalue weighted by Crippen LogP contribution is -2.58. The van der Waals surface area contributed by atoms with E-state index in [4.69, 9.17) is 19.4 Å². The molecule has 17 heteroatoms. The first-order valence-corrected chi connectivity index (χ1v) is 25.5. The van der Waals surface area contributed by atoms with Gasteiger partial charge in [0.15, 0.2) is 5.78 Å². The highest BCUT2D eigenvalue weighted by Gasteiger charge is 2.39. The van der Waals surface area contributed by atoms with E-state index in [0.717, 1.165) is 63.8 Å². The number of benzene rings is 1. The average Bonchev–Trinajstić information content (AvgIpc) is 3.61. The first-order valence-electron chi connectivity index (χ1n) is 23.7. The number of likely N-dealkylation sites (N-methyl/N-ethyl adjacent to an activating group) is 1. The molecule has 0 spiro atoms. The van der Waals surface area contributed by atoms with Crippen LogP contribution < -0.4 is 5.43 Å². The van der Waals surface area contributed by atoms with E-state index in [0.29, 0.717) is 64.2 Å². The Hall–Kier alpha value is -5.23. The number of ether oxygens (including phenoxy) is 2. The number of cyclic esters (lactones) is 1.